The zero-order valence-corrected chi connectivity index (χ0v) is 15.2. The molecule has 2 aromatic rings. The van der Waals surface area contributed by atoms with E-state index in [1.54, 1.807) is 42.5 Å². The summed E-state index contributed by atoms with van der Waals surface area (Å²) in [6, 6.07) is 11.4. The van der Waals surface area contributed by atoms with Crippen LogP contribution >= 0.6 is 0 Å². The van der Waals surface area contributed by atoms with Gasteiger partial charge >= 0.3 is 0 Å². The van der Waals surface area contributed by atoms with Gasteiger partial charge in [0.25, 0.3) is 6.08 Å². The monoisotopic (exact) mass is 362 g/mol. The van der Waals surface area contributed by atoms with E-state index in [4.69, 9.17) is 4.74 Å². The summed E-state index contributed by atoms with van der Waals surface area (Å²) in [5.41, 5.74) is 1.67. The highest BCUT2D eigenvalue weighted by atomic mass is 19.3. The minimum absolute atomic E-state index is 0.0379. The summed E-state index contributed by atoms with van der Waals surface area (Å²) < 4.78 is 31.8. The predicted molar refractivity (Wildman–Crippen MR) is 97.7 cm³/mol. The molecule has 140 valence electrons. The van der Waals surface area contributed by atoms with Crippen LogP contribution in [-0.2, 0) is 6.42 Å². The molecule has 0 bridgehead atoms. The Bertz CT molecular complexity index is 765. The average molecular weight is 362 g/mol. The Labute approximate surface area is 152 Å². The summed E-state index contributed by atoms with van der Waals surface area (Å²) in [5.74, 6) is 0.722. The average Bonchev–Trinajstić information content (AvgIpc) is 2.63. The van der Waals surface area contributed by atoms with E-state index in [2.05, 4.69) is 0 Å². The van der Waals surface area contributed by atoms with Gasteiger partial charge in [0, 0.05) is 5.92 Å². The van der Waals surface area contributed by atoms with Gasteiger partial charge in [-0.05, 0) is 66.8 Å². The summed E-state index contributed by atoms with van der Waals surface area (Å²) >= 11 is 0. The van der Waals surface area contributed by atoms with E-state index < -0.39 is 12.2 Å². The number of phenols is 2. The van der Waals surface area contributed by atoms with E-state index in [-0.39, 0.29) is 29.4 Å². The minimum atomic E-state index is -1.67. The molecule has 1 heterocycles. The van der Waals surface area contributed by atoms with Crippen molar-refractivity contribution in [1.29, 1.82) is 0 Å². The van der Waals surface area contributed by atoms with Gasteiger partial charge in [-0.3, -0.25) is 0 Å². The standard InChI is InChI=1S/C19H18F2O3.C2H6/c1-11(19(20)21)8-14-9-13-10-16(23)6-7-17(13)24-18(14)12-2-4-15(22)5-3-12;1-2/h2-7,10,14,18,22-23H,8-9H2,1H3;1-2H3/t14-,18-;/m0./s1. The van der Waals surface area contributed by atoms with E-state index in [1.165, 1.54) is 6.92 Å². The molecule has 1 aliphatic heterocycles. The number of halogens is 2. The van der Waals surface area contributed by atoms with Crippen molar-refractivity contribution in [1.82, 2.24) is 0 Å². The second-order valence-electron chi connectivity index (χ2n) is 6.13. The quantitative estimate of drug-likeness (QED) is 0.706. The van der Waals surface area contributed by atoms with Crippen LogP contribution in [0.2, 0.25) is 0 Å². The van der Waals surface area contributed by atoms with E-state index in [9.17, 15) is 19.0 Å². The fourth-order valence-corrected chi connectivity index (χ4v) is 3.12. The molecular weight excluding hydrogens is 338 g/mol. The Morgan fingerprint density at radius 2 is 1.65 bits per heavy atom. The first-order valence-electron chi connectivity index (χ1n) is 8.72. The molecule has 0 saturated heterocycles. The van der Waals surface area contributed by atoms with Crippen molar-refractivity contribution in [3.8, 4) is 17.2 Å². The molecule has 5 heteroatoms. The zero-order chi connectivity index (χ0) is 19.3. The number of fused-ring (bicyclic) bond motifs is 1. The predicted octanol–water partition coefficient (Wildman–Crippen LogP) is 5.98. The first kappa shape index (κ1) is 19.8. The van der Waals surface area contributed by atoms with Gasteiger partial charge in [0.2, 0.25) is 0 Å². The van der Waals surface area contributed by atoms with E-state index in [1.807, 2.05) is 13.8 Å². The summed E-state index contributed by atoms with van der Waals surface area (Å²) in [6.07, 6.45) is -1.33. The first-order valence-corrected chi connectivity index (χ1v) is 8.72. The Balaban J connectivity index is 0.00000117. The molecule has 2 atom stereocenters. The molecule has 0 aliphatic carbocycles. The van der Waals surface area contributed by atoms with Gasteiger partial charge in [0.15, 0.2) is 0 Å². The minimum Gasteiger partial charge on any atom is -0.508 e. The highest BCUT2D eigenvalue weighted by Gasteiger charge is 2.32. The van der Waals surface area contributed by atoms with Crippen LogP contribution in [0.1, 0.15) is 44.4 Å². The molecule has 0 aromatic heterocycles. The topological polar surface area (TPSA) is 49.7 Å². The van der Waals surface area contributed by atoms with Crippen molar-refractivity contribution in [3.63, 3.8) is 0 Å². The van der Waals surface area contributed by atoms with Crippen LogP contribution in [0.4, 0.5) is 8.78 Å². The van der Waals surface area contributed by atoms with E-state index >= 15 is 0 Å². The Morgan fingerprint density at radius 1 is 1.04 bits per heavy atom. The molecule has 0 amide bonds. The lowest BCUT2D eigenvalue weighted by atomic mass is 9.83. The summed E-state index contributed by atoms with van der Waals surface area (Å²) in [4.78, 5) is 0. The fraction of sp³-hybridized carbons (Fsp3) is 0.333. The molecule has 1 aliphatic rings. The summed E-state index contributed by atoms with van der Waals surface area (Å²) in [7, 11) is 0. The Kier molecular flexibility index (Phi) is 6.61. The summed E-state index contributed by atoms with van der Waals surface area (Å²) in [5, 5.41) is 19.1. The molecule has 0 spiro atoms. The lowest BCUT2D eigenvalue weighted by Crippen LogP contribution is -2.26. The number of phenolic OH excluding ortho intramolecular Hbond substituents is 2. The second kappa shape index (κ2) is 8.70. The van der Waals surface area contributed by atoms with Gasteiger partial charge in [-0.1, -0.05) is 26.0 Å². The molecular formula is C21H24F2O3. The van der Waals surface area contributed by atoms with E-state index in [0.717, 1.165) is 11.1 Å². The second-order valence-corrected chi connectivity index (χ2v) is 6.13. The van der Waals surface area contributed by atoms with Crippen molar-refractivity contribution in [2.75, 3.05) is 0 Å². The number of hydrogen-bond donors (Lipinski definition) is 2. The maximum absolute atomic E-state index is 12.9. The normalized spacial score (nSPS) is 18.0. The lowest BCUT2D eigenvalue weighted by Gasteiger charge is -2.34. The Hall–Kier alpha value is -2.56. The molecule has 2 aromatic carbocycles. The smallest absolute Gasteiger partial charge is 0.269 e. The van der Waals surface area contributed by atoms with Crippen molar-refractivity contribution in [2.24, 2.45) is 5.92 Å². The van der Waals surface area contributed by atoms with Gasteiger partial charge in [0.05, 0.1) is 0 Å². The van der Waals surface area contributed by atoms with Gasteiger partial charge in [-0.25, -0.2) is 0 Å². The molecule has 0 saturated carbocycles. The van der Waals surface area contributed by atoms with Crippen LogP contribution in [0, 0.1) is 5.92 Å². The van der Waals surface area contributed by atoms with Gasteiger partial charge in [-0.2, -0.15) is 8.78 Å². The number of benzene rings is 2. The summed E-state index contributed by atoms with van der Waals surface area (Å²) in [6.45, 7) is 5.42. The van der Waals surface area contributed by atoms with Crippen LogP contribution in [0.15, 0.2) is 54.1 Å². The third-order valence-electron chi connectivity index (χ3n) is 4.32. The third kappa shape index (κ3) is 4.54. The fourth-order valence-electron chi connectivity index (χ4n) is 3.12. The molecule has 0 radical (unpaired) electrons. The molecule has 3 rings (SSSR count). The zero-order valence-electron chi connectivity index (χ0n) is 15.2. The van der Waals surface area contributed by atoms with Crippen molar-refractivity contribution in [2.45, 2.75) is 39.7 Å². The van der Waals surface area contributed by atoms with Crippen molar-refractivity contribution >= 4 is 0 Å². The van der Waals surface area contributed by atoms with E-state index in [0.29, 0.717) is 12.2 Å². The Morgan fingerprint density at radius 3 is 2.27 bits per heavy atom. The van der Waals surface area contributed by atoms with Crippen LogP contribution in [0.5, 0.6) is 17.2 Å². The highest BCUT2D eigenvalue weighted by molar-refractivity contribution is 5.43. The third-order valence-corrected chi connectivity index (χ3v) is 4.32. The van der Waals surface area contributed by atoms with Crippen molar-refractivity contribution < 1.29 is 23.7 Å². The largest absolute Gasteiger partial charge is 0.508 e. The number of rotatable bonds is 3. The van der Waals surface area contributed by atoms with Gasteiger partial charge in [0.1, 0.15) is 23.4 Å². The molecule has 3 nitrogen and oxygen atoms in total. The maximum Gasteiger partial charge on any atom is 0.269 e. The number of allylic oxidation sites excluding steroid dienone is 1. The highest BCUT2D eigenvalue weighted by Crippen LogP contribution is 2.43. The van der Waals surface area contributed by atoms with Crippen LogP contribution in [0.3, 0.4) is 0 Å². The van der Waals surface area contributed by atoms with Gasteiger partial charge in [-0.15, -0.1) is 0 Å². The van der Waals surface area contributed by atoms with Crippen LogP contribution < -0.4 is 4.74 Å². The maximum atomic E-state index is 12.9. The van der Waals surface area contributed by atoms with Crippen LogP contribution in [-0.4, -0.2) is 10.2 Å². The van der Waals surface area contributed by atoms with Crippen molar-refractivity contribution in [3.05, 3.63) is 65.2 Å². The number of aromatic hydroxyl groups is 2. The van der Waals surface area contributed by atoms with Crippen LogP contribution in [0.25, 0.3) is 0 Å². The molecule has 26 heavy (non-hydrogen) atoms. The molecule has 0 fully saturated rings. The lowest BCUT2D eigenvalue weighted by molar-refractivity contribution is 0.112. The SMILES string of the molecule is CC.CC(C[C@H]1Cc2cc(O)ccc2O[C@H]1c1ccc(O)cc1)=C(F)F. The van der Waals surface area contributed by atoms with Gasteiger partial charge < -0.3 is 14.9 Å². The number of hydrogen-bond acceptors (Lipinski definition) is 3. The first-order chi connectivity index (χ1) is 12.4. The molecule has 2 N–H and O–H groups in total. The molecule has 0 unspecified atom stereocenters. The number of ether oxygens (including phenoxy) is 1.